The Kier molecular flexibility index (Phi) is 5.55. The Morgan fingerprint density at radius 3 is 2.29 bits per heavy atom. The van der Waals surface area contributed by atoms with Crippen molar-refractivity contribution in [3.05, 3.63) is 82.2 Å². The average molecular weight is 414 g/mol. The third-order valence-electron chi connectivity index (χ3n) is 5.67. The molecule has 0 bridgehead atoms. The van der Waals surface area contributed by atoms with Crippen molar-refractivity contribution in [3.63, 3.8) is 0 Å². The Morgan fingerprint density at radius 1 is 0.774 bits per heavy atom. The summed E-state index contributed by atoms with van der Waals surface area (Å²) < 4.78 is 17.2. The van der Waals surface area contributed by atoms with Gasteiger partial charge in [-0.3, -0.25) is 0 Å². The molecule has 0 unspecified atom stereocenters. The van der Waals surface area contributed by atoms with Crippen LogP contribution >= 0.6 is 0 Å². The fourth-order valence-corrected chi connectivity index (χ4v) is 3.89. The second-order valence-corrected chi connectivity index (χ2v) is 7.85. The summed E-state index contributed by atoms with van der Waals surface area (Å²) in [6, 6.07) is 18.2. The number of hydrogen-bond donors (Lipinski definition) is 0. The van der Waals surface area contributed by atoms with E-state index in [-0.39, 0.29) is 0 Å². The van der Waals surface area contributed by atoms with E-state index in [1.54, 1.807) is 14.2 Å². The Hall–Kier alpha value is -3.53. The third kappa shape index (κ3) is 3.93. The molecule has 0 saturated carbocycles. The highest BCUT2D eigenvalue weighted by Gasteiger charge is 2.12. The third-order valence-corrected chi connectivity index (χ3v) is 5.67. The molecule has 1 aromatic heterocycles. The molecule has 0 fully saturated rings. The van der Waals surface area contributed by atoms with E-state index >= 15 is 0 Å². The second-order valence-electron chi connectivity index (χ2n) is 7.85. The molecule has 31 heavy (non-hydrogen) atoms. The minimum absolute atomic E-state index is 0.656. The van der Waals surface area contributed by atoms with Gasteiger partial charge in [-0.1, -0.05) is 18.2 Å². The van der Waals surface area contributed by atoms with E-state index in [4.69, 9.17) is 18.9 Å². The summed E-state index contributed by atoms with van der Waals surface area (Å²) in [6.45, 7) is 8.39. The van der Waals surface area contributed by atoms with Crippen LogP contribution in [0.3, 0.4) is 0 Å². The largest absolute Gasteiger partial charge is 0.493 e. The SMILES string of the molecule is COc1ccc(-c2cc(=Nc3cccc(C)c3C)c3c(C)cc(C)cc3o2)cc1OC. The molecular weight excluding hydrogens is 386 g/mol. The van der Waals surface area contributed by atoms with Gasteiger partial charge in [0.1, 0.15) is 11.3 Å². The van der Waals surface area contributed by atoms with E-state index in [0.29, 0.717) is 11.5 Å². The monoisotopic (exact) mass is 413 g/mol. The van der Waals surface area contributed by atoms with Gasteiger partial charge in [-0.15, -0.1) is 0 Å². The molecule has 0 aliphatic rings. The highest BCUT2D eigenvalue weighted by Crippen LogP contribution is 2.33. The normalized spacial score (nSPS) is 11.7. The zero-order chi connectivity index (χ0) is 22.1. The minimum Gasteiger partial charge on any atom is -0.493 e. The van der Waals surface area contributed by atoms with Crippen LogP contribution < -0.4 is 14.8 Å². The van der Waals surface area contributed by atoms with Crippen molar-refractivity contribution in [2.45, 2.75) is 27.7 Å². The molecule has 1 heterocycles. The van der Waals surface area contributed by atoms with Crippen LogP contribution in [0, 0.1) is 27.7 Å². The first-order valence-electron chi connectivity index (χ1n) is 10.3. The summed E-state index contributed by atoms with van der Waals surface area (Å²) in [5.74, 6) is 2.06. The van der Waals surface area contributed by atoms with Gasteiger partial charge in [0, 0.05) is 17.0 Å². The maximum absolute atomic E-state index is 6.36. The van der Waals surface area contributed by atoms with Gasteiger partial charge in [-0.2, -0.15) is 0 Å². The highest BCUT2D eigenvalue weighted by molar-refractivity contribution is 5.83. The molecule has 0 N–H and O–H groups in total. The summed E-state index contributed by atoms with van der Waals surface area (Å²) in [5, 5.41) is 1.91. The zero-order valence-electron chi connectivity index (χ0n) is 18.9. The Balaban J connectivity index is 2.04. The van der Waals surface area contributed by atoms with E-state index in [1.807, 2.05) is 30.3 Å². The maximum Gasteiger partial charge on any atom is 0.161 e. The quantitative estimate of drug-likeness (QED) is 0.379. The number of rotatable bonds is 4. The summed E-state index contributed by atoms with van der Waals surface area (Å²) in [4.78, 5) is 5.07. The van der Waals surface area contributed by atoms with Crippen molar-refractivity contribution < 1.29 is 13.9 Å². The lowest BCUT2D eigenvalue weighted by Gasteiger charge is -2.11. The number of hydrogen-bond acceptors (Lipinski definition) is 4. The molecule has 0 saturated heterocycles. The van der Waals surface area contributed by atoms with Gasteiger partial charge in [0.25, 0.3) is 0 Å². The molecule has 4 aromatic rings. The molecule has 0 aliphatic carbocycles. The number of fused-ring (bicyclic) bond motifs is 1. The Bertz CT molecular complexity index is 1350. The number of methoxy groups -OCH3 is 2. The van der Waals surface area contributed by atoms with Crippen LogP contribution in [0.1, 0.15) is 22.3 Å². The molecule has 0 spiro atoms. The topological polar surface area (TPSA) is 44.0 Å². The molecule has 0 atom stereocenters. The lowest BCUT2D eigenvalue weighted by molar-refractivity contribution is 0.355. The molecule has 0 radical (unpaired) electrons. The molecular formula is C27H27NO3. The fourth-order valence-electron chi connectivity index (χ4n) is 3.89. The second kappa shape index (κ2) is 8.31. The molecule has 3 aromatic carbocycles. The number of benzene rings is 3. The first kappa shape index (κ1) is 20.7. The van der Waals surface area contributed by atoms with E-state index in [2.05, 4.69) is 52.0 Å². The first-order chi connectivity index (χ1) is 14.9. The van der Waals surface area contributed by atoms with Crippen LogP contribution in [-0.2, 0) is 0 Å². The molecule has 0 amide bonds. The van der Waals surface area contributed by atoms with Crippen LogP contribution in [-0.4, -0.2) is 14.2 Å². The fraction of sp³-hybridized carbons (Fsp3) is 0.222. The highest BCUT2D eigenvalue weighted by atomic mass is 16.5. The van der Waals surface area contributed by atoms with Gasteiger partial charge in [-0.25, -0.2) is 4.99 Å². The van der Waals surface area contributed by atoms with E-state index in [1.165, 1.54) is 11.1 Å². The molecule has 4 rings (SSSR count). The van der Waals surface area contributed by atoms with Gasteiger partial charge in [0.05, 0.1) is 25.3 Å². The predicted molar refractivity (Wildman–Crippen MR) is 125 cm³/mol. The van der Waals surface area contributed by atoms with E-state index in [9.17, 15) is 0 Å². The van der Waals surface area contributed by atoms with Crippen molar-refractivity contribution >= 4 is 16.7 Å². The van der Waals surface area contributed by atoms with Crippen molar-refractivity contribution in [3.8, 4) is 22.8 Å². The van der Waals surface area contributed by atoms with E-state index in [0.717, 1.165) is 44.5 Å². The van der Waals surface area contributed by atoms with Gasteiger partial charge in [0.15, 0.2) is 11.5 Å². The summed E-state index contributed by atoms with van der Waals surface area (Å²) in [6.07, 6.45) is 0. The lowest BCUT2D eigenvalue weighted by atomic mass is 10.0. The lowest BCUT2D eigenvalue weighted by Crippen LogP contribution is -2.06. The average Bonchev–Trinajstić information content (AvgIpc) is 2.75. The zero-order valence-corrected chi connectivity index (χ0v) is 18.9. The standard InChI is InChI=1S/C27H27NO3/c1-16-12-18(3)27-22(28-21-9-7-8-17(2)19(21)4)15-24(31-26(27)13-16)20-10-11-23(29-5)25(14-20)30-6/h7-15H,1-6H3. The summed E-state index contributed by atoms with van der Waals surface area (Å²) >= 11 is 0. The molecule has 4 heteroatoms. The van der Waals surface area contributed by atoms with Crippen LogP contribution in [0.15, 0.2) is 64.0 Å². The Labute approximate surface area is 182 Å². The molecule has 0 aliphatic heterocycles. The first-order valence-corrected chi connectivity index (χ1v) is 10.3. The molecule has 158 valence electrons. The number of nitrogens with zero attached hydrogens (tertiary/aromatic N) is 1. The van der Waals surface area contributed by atoms with Crippen LogP contribution in [0.4, 0.5) is 5.69 Å². The Morgan fingerprint density at radius 2 is 1.55 bits per heavy atom. The van der Waals surface area contributed by atoms with Gasteiger partial charge in [0.2, 0.25) is 0 Å². The van der Waals surface area contributed by atoms with Crippen molar-refractivity contribution in [1.82, 2.24) is 0 Å². The van der Waals surface area contributed by atoms with Gasteiger partial charge < -0.3 is 13.9 Å². The van der Waals surface area contributed by atoms with Crippen LogP contribution in [0.5, 0.6) is 11.5 Å². The smallest absolute Gasteiger partial charge is 0.161 e. The van der Waals surface area contributed by atoms with Gasteiger partial charge in [-0.05, 0) is 80.3 Å². The van der Waals surface area contributed by atoms with Crippen molar-refractivity contribution in [2.24, 2.45) is 4.99 Å². The van der Waals surface area contributed by atoms with Crippen molar-refractivity contribution in [2.75, 3.05) is 14.2 Å². The predicted octanol–water partition coefficient (Wildman–Crippen LogP) is 6.58. The number of ether oxygens (including phenoxy) is 2. The maximum atomic E-state index is 6.36. The van der Waals surface area contributed by atoms with Crippen LogP contribution in [0.25, 0.3) is 22.3 Å². The van der Waals surface area contributed by atoms with Crippen LogP contribution in [0.2, 0.25) is 0 Å². The van der Waals surface area contributed by atoms with E-state index < -0.39 is 0 Å². The summed E-state index contributed by atoms with van der Waals surface area (Å²) in [5.41, 5.74) is 7.36. The molecule has 4 nitrogen and oxygen atoms in total. The number of aryl methyl sites for hydroxylation is 3. The summed E-state index contributed by atoms with van der Waals surface area (Å²) in [7, 11) is 3.26. The van der Waals surface area contributed by atoms with Crippen molar-refractivity contribution in [1.29, 1.82) is 0 Å². The minimum atomic E-state index is 0.656. The van der Waals surface area contributed by atoms with Gasteiger partial charge >= 0.3 is 0 Å².